The number of amides is 1. The van der Waals surface area contributed by atoms with Crippen molar-refractivity contribution in [2.75, 3.05) is 18.1 Å². The molecule has 0 spiro atoms. The number of aryl methyl sites for hydroxylation is 1. The van der Waals surface area contributed by atoms with Crippen molar-refractivity contribution in [1.82, 2.24) is 20.4 Å². The molecule has 0 saturated carbocycles. The van der Waals surface area contributed by atoms with Gasteiger partial charge in [-0.05, 0) is 6.92 Å². The number of nitrogens with one attached hydrogen (secondary N) is 2. The number of aromatic nitrogens is 2. The quantitative estimate of drug-likeness (QED) is 0.800. The maximum absolute atomic E-state index is 11.9. The number of thioether (sulfide) groups is 1. The van der Waals surface area contributed by atoms with Crippen molar-refractivity contribution < 1.29 is 4.79 Å². The van der Waals surface area contributed by atoms with Gasteiger partial charge in [0.2, 0.25) is 5.91 Å². The Hall–Kier alpha value is -1.01. The normalized spacial score (nSPS) is 20.2. The molecule has 94 valence electrons. The highest BCUT2D eigenvalue weighted by molar-refractivity contribution is 7.99. The number of carbonyl (C=O) groups is 1. The van der Waals surface area contributed by atoms with Crippen LogP contribution in [0.4, 0.5) is 0 Å². The second-order valence-corrected chi connectivity index (χ2v) is 5.33. The van der Waals surface area contributed by atoms with Crippen LogP contribution in [-0.4, -0.2) is 39.8 Å². The highest BCUT2D eigenvalue weighted by atomic mass is 32.2. The van der Waals surface area contributed by atoms with E-state index in [2.05, 4.69) is 15.7 Å². The lowest BCUT2D eigenvalue weighted by molar-refractivity contribution is -0.122. The SMILES string of the molecule is Cc1c(CNC(=O)C2CSCCN2)cnn1C. The first kappa shape index (κ1) is 12.4. The molecule has 6 heteroatoms. The van der Waals surface area contributed by atoms with Crippen molar-refractivity contribution in [2.24, 2.45) is 7.05 Å². The lowest BCUT2D eigenvalue weighted by Gasteiger charge is -2.22. The molecule has 1 atom stereocenters. The highest BCUT2D eigenvalue weighted by Gasteiger charge is 2.20. The molecule has 2 heterocycles. The first-order valence-corrected chi connectivity index (χ1v) is 6.90. The first-order valence-electron chi connectivity index (χ1n) is 5.75. The summed E-state index contributed by atoms with van der Waals surface area (Å²) < 4.78 is 1.82. The molecular weight excluding hydrogens is 236 g/mol. The Balaban J connectivity index is 1.85. The molecule has 17 heavy (non-hydrogen) atoms. The molecule has 5 nitrogen and oxygen atoms in total. The maximum atomic E-state index is 11.9. The molecule has 1 aromatic heterocycles. The lowest BCUT2D eigenvalue weighted by Crippen LogP contribution is -2.48. The zero-order valence-electron chi connectivity index (χ0n) is 10.2. The minimum absolute atomic E-state index is 0.0503. The molecule has 1 fully saturated rings. The summed E-state index contributed by atoms with van der Waals surface area (Å²) in [6.07, 6.45) is 1.80. The molecule has 0 radical (unpaired) electrons. The smallest absolute Gasteiger partial charge is 0.238 e. The van der Waals surface area contributed by atoms with E-state index < -0.39 is 0 Å². The van der Waals surface area contributed by atoms with Crippen LogP contribution in [0.2, 0.25) is 0 Å². The maximum Gasteiger partial charge on any atom is 0.238 e. The van der Waals surface area contributed by atoms with Crippen molar-refractivity contribution in [3.8, 4) is 0 Å². The van der Waals surface area contributed by atoms with Gasteiger partial charge in [-0.15, -0.1) is 0 Å². The fourth-order valence-corrected chi connectivity index (χ4v) is 2.69. The Kier molecular flexibility index (Phi) is 4.06. The van der Waals surface area contributed by atoms with Crippen LogP contribution >= 0.6 is 11.8 Å². The molecule has 0 bridgehead atoms. The third-order valence-corrected chi connectivity index (χ3v) is 4.09. The van der Waals surface area contributed by atoms with Crippen molar-refractivity contribution in [3.05, 3.63) is 17.5 Å². The van der Waals surface area contributed by atoms with E-state index >= 15 is 0 Å². The molecule has 2 rings (SSSR count). The van der Waals surface area contributed by atoms with Crippen molar-refractivity contribution in [2.45, 2.75) is 19.5 Å². The summed E-state index contributed by atoms with van der Waals surface area (Å²) in [6.45, 7) is 3.47. The van der Waals surface area contributed by atoms with Crippen molar-refractivity contribution in [1.29, 1.82) is 0 Å². The van der Waals surface area contributed by atoms with Gasteiger partial charge in [-0.1, -0.05) is 0 Å². The van der Waals surface area contributed by atoms with Crippen molar-refractivity contribution >= 4 is 17.7 Å². The fourth-order valence-electron chi connectivity index (χ4n) is 1.76. The average molecular weight is 254 g/mol. The van der Waals surface area contributed by atoms with Gasteiger partial charge in [0.15, 0.2) is 0 Å². The van der Waals surface area contributed by atoms with Crippen LogP contribution in [0, 0.1) is 6.92 Å². The first-order chi connectivity index (χ1) is 8.18. The van der Waals surface area contributed by atoms with Gasteiger partial charge in [-0.25, -0.2) is 0 Å². The minimum Gasteiger partial charge on any atom is -0.351 e. The van der Waals surface area contributed by atoms with Gasteiger partial charge in [0, 0.05) is 42.9 Å². The summed E-state index contributed by atoms with van der Waals surface area (Å²) in [5.41, 5.74) is 2.17. The summed E-state index contributed by atoms with van der Waals surface area (Å²) in [4.78, 5) is 11.9. The largest absolute Gasteiger partial charge is 0.351 e. The van der Waals surface area contributed by atoms with Crippen LogP contribution in [0.1, 0.15) is 11.3 Å². The Morgan fingerprint density at radius 1 is 1.76 bits per heavy atom. The molecule has 1 aromatic rings. The van der Waals surface area contributed by atoms with E-state index in [9.17, 15) is 4.79 Å². The van der Waals surface area contributed by atoms with E-state index in [-0.39, 0.29) is 11.9 Å². The number of nitrogens with zero attached hydrogens (tertiary/aromatic N) is 2. The van der Waals surface area contributed by atoms with Gasteiger partial charge in [0.25, 0.3) is 0 Å². The average Bonchev–Trinajstić information content (AvgIpc) is 2.68. The third kappa shape index (κ3) is 3.01. The molecule has 2 N–H and O–H groups in total. The van der Waals surface area contributed by atoms with Gasteiger partial charge in [-0.2, -0.15) is 16.9 Å². The Morgan fingerprint density at radius 2 is 2.59 bits per heavy atom. The van der Waals surface area contributed by atoms with Crippen LogP contribution in [0.5, 0.6) is 0 Å². The fraction of sp³-hybridized carbons (Fsp3) is 0.636. The number of carbonyl (C=O) groups excluding carboxylic acids is 1. The topological polar surface area (TPSA) is 59.0 Å². The zero-order valence-corrected chi connectivity index (χ0v) is 11.0. The molecule has 1 amide bonds. The van der Waals surface area contributed by atoms with E-state index in [1.807, 2.05) is 30.4 Å². The molecule has 1 aliphatic rings. The summed E-state index contributed by atoms with van der Waals surface area (Å²) in [7, 11) is 1.90. The van der Waals surface area contributed by atoms with Crippen LogP contribution in [0.15, 0.2) is 6.20 Å². The molecular formula is C11H18N4OS. The van der Waals surface area contributed by atoms with E-state index in [1.54, 1.807) is 6.20 Å². The second kappa shape index (κ2) is 5.55. The Labute approximate surface area is 105 Å². The van der Waals surface area contributed by atoms with Crippen LogP contribution in [-0.2, 0) is 18.4 Å². The van der Waals surface area contributed by atoms with E-state index in [1.165, 1.54) is 0 Å². The molecule has 0 aromatic carbocycles. The van der Waals surface area contributed by atoms with Gasteiger partial charge in [0.1, 0.15) is 0 Å². The van der Waals surface area contributed by atoms with Crippen molar-refractivity contribution in [3.63, 3.8) is 0 Å². The third-order valence-electron chi connectivity index (χ3n) is 3.03. The predicted octanol–water partition coefficient (Wildman–Crippen LogP) is 0.0497. The summed E-state index contributed by atoms with van der Waals surface area (Å²) in [6, 6.07) is -0.0503. The van der Waals surface area contributed by atoms with E-state index in [0.29, 0.717) is 6.54 Å². The predicted molar refractivity (Wildman–Crippen MR) is 68.9 cm³/mol. The number of hydrogen-bond acceptors (Lipinski definition) is 4. The molecule has 1 aliphatic heterocycles. The van der Waals surface area contributed by atoms with Gasteiger partial charge < -0.3 is 10.6 Å². The summed E-state index contributed by atoms with van der Waals surface area (Å²) in [5, 5.41) is 10.3. The lowest BCUT2D eigenvalue weighted by atomic mass is 10.2. The number of hydrogen-bond donors (Lipinski definition) is 2. The van der Waals surface area contributed by atoms with Gasteiger partial charge in [0.05, 0.1) is 12.2 Å². The monoisotopic (exact) mass is 254 g/mol. The second-order valence-electron chi connectivity index (χ2n) is 4.18. The van der Waals surface area contributed by atoms with Crippen LogP contribution in [0.25, 0.3) is 0 Å². The Bertz CT molecular complexity index is 398. The minimum atomic E-state index is -0.0503. The summed E-state index contributed by atoms with van der Waals surface area (Å²) in [5.74, 6) is 2.03. The Morgan fingerprint density at radius 3 is 3.18 bits per heavy atom. The standard InChI is InChI=1S/C11H18N4OS/c1-8-9(6-14-15(8)2)5-13-11(16)10-7-17-4-3-12-10/h6,10,12H,3-5,7H2,1-2H3,(H,13,16). The van der Waals surface area contributed by atoms with E-state index in [0.717, 1.165) is 29.3 Å². The molecule has 0 aliphatic carbocycles. The van der Waals surface area contributed by atoms with Crippen LogP contribution in [0.3, 0.4) is 0 Å². The highest BCUT2D eigenvalue weighted by Crippen LogP contribution is 2.08. The zero-order chi connectivity index (χ0) is 12.3. The number of rotatable bonds is 3. The van der Waals surface area contributed by atoms with E-state index in [4.69, 9.17) is 0 Å². The van der Waals surface area contributed by atoms with Crippen LogP contribution < -0.4 is 10.6 Å². The van der Waals surface area contributed by atoms with Gasteiger partial charge >= 0.3 is 0 Å². The summed E-state index contributed by atoms with van der Waals surface area (Å²) >= 11 is 1.82. The molecule has 1 unspecified atom stereocenters. The molecule has 1 saturated heterocycles. The van der Waals surface area contributed by atoms with Gasteiger partial charge in [-0.3, -0.25) is 9.48 Å².